The van der Waals surface area contributed by atoms with Crippen LogP contribution in [0.3, 0.4) is 0 Å². The molecule has 1 aliphatic rings. The van der Waals surface area contributed by atoms with Crippen molar-refractivity contribution in [1.82, 2.24) is 5.32 Å². The van der Waals surface area contributed by atoms with Crippen molar-refractivity contribution in [3.8, 4) is 0 Å². The van der Waals surface area contributed by atoms with E-state index in [1.807, 2.05) is 0 Å². The van der Waals surface area contributed by atoms with Gasteiger partial charge < -0.3 is 5.32 Å². The summed E-state index contributed by atoms with van der Waals surface area (Å²) >= 11 is 3.53. The first-order valence-electron chi connectivity index (χ1n) is 8.77. The molecule has 2 rings (SSSR count). The molecule has 0 aliphatic heterocycles. The van der Waals surface area contributed by atoms with Gasteiger partial charge in [0.15, 0.2) is 0 Å². The van der Waals surface area contributed by atoms with E-state index in [-0.39, 0.29) is 0 Å². The number of benzene rings is 1. The third-order valence-corrected chi connectivity index (χ3v) is 5.27. The minimum absolute atomic E-state index is 0.657. The van der Waals surface area contributed by atoms with Crippen LogP contribution in [0.15, 0.2) is 28.7 Å². The number of rotatable bonds is 6. The molecule has 1 nitrogen and oxygen atoms in total. The van der Waals surface area contributed by atoms with Gasteiger partial charge in [-0.05, 0) is 55.8 Å². The Morgan fingerprint density at radius 2 is 1.67 bits per heavy atom. The fraction of sp³-hybridized carbons (Fsp3) is 0.684. The van der Waals surface area contributed by atoms with Crippen LogP contribution >= 0.6 is 15.9 Å². The molecule has 1 fully saturated rings. The van der Waals surface area contributed by atoms with Gasteiger partial charge in [0, 0.05) is 10.5 Å². The van der Waals surface area contributed by atoms with Gasteiger partial charge in [0.2, 0.25) is 0 Å². The summed E-state index contributed by atoms with van der Waals surface area (Å²) in [6.45, 7) is 3.42. The molecular formula is C19H30BrN. The summed E-state index contributed by atoms with van der Waals surface area (Å²) in [5.41, 5.74) is 1.47. The molecule has 1 unspecified atom stereocenters. The predicted molar refractivity (Wildman–Crippen MR) is 95.7 cm³/mol. The van der Waals surface area contributed by atoms with Gasteiger partial charge in [-0.15, -0.1) is 0 Å². The number of halogens is 1. The van der Waals surface area contributed by atoms with Crippen LogP contribution in [0.25, 0.3) is 0 Å². The topological polar surface area (TPSA) is 12.0 Å². The average Bonchev–Trinajstić information content (AvgIpc) is 2.46. The number of nitrogens with one attached hydrogen (secondary N) is 1. The first-order chi connectivity index (χ1) is 10.3. The lowest BCUT2D eigenvalue weighted by Crippen LogP contribution is -2.39. The van der Waals surface area contributed by atoms with Crippen LogP contribution < -0.4 is 5.32 Å². The largest absolute Gasteiger partial charge is 0.313 e. The second-order valence-corrected chi connectivity index (χ2v) is 7.41. The fourth-order valence-corrected chi connectivity index (χ4v) is 3.76. The minimum atomic E-state index is 0.657. The molecule has 0 bridgehead atoms. The summed E-state index contributed by atoms with van der Waals surface area (Å²) in [6.07, 6.45) is 12.4. The lowest BCUT2D eigenvalue weighted by Gasteiger charge is -2.30. The zero-order chi connectivity index (χ0) is 14.9. The van der Waals surface area contributed by atoms with Gasteiger partial charge in [-0.3, -0.25) is 0 Å². The van der Waals surface area contributed by atoms with Crippen LogP contribution in [0.4, 0.5) is 0 Å². The van der Waals surface area contributed by atoms with Crippen molar-refractivity contribution in [2.45, 2.75) is 70.8 Å². The van der Waals surface area contributed by atoms with E-state index in [1.165, 1.54) is 67.8 Å². The van der Waals surface area contributed by atoms with Gasteiger partial charge >= 0.3 is 0 Å². The summed E-state index contributed by atoms with van der Waals surface area (Å²) in [5.74, 6) is 0.862. The summed E-state index contributed by atoms with van der Waals surface area (Å²) in [5, 5.41) is 3.84. The maximum absolute atomic E-state index is 3.84. The molecule has 21 heavy (non-hydrogen) atoms. The second-order valence-electron chi connectivity index (χ2n) is 6.50. The number of hydrogen-bond donors (Lipinski definition) is 1. The molecule has 1 N–H and O–H groups in total. The van der Waals surface area contributed by atoms with Crippen molar-refractivity contribution >= 4 is 15.9 Å². The maximum atomic E-state index is 3.84. The zero-order valence-electron chi connectivity index (χ0n) is 13.4. The molecule has 0 saturated heterocycles. The van der Waals surface area contributed by atoms with E-state index in [0.29, 0.717) is 6.04 Å². The van der Waals surface area contributed by atoms with Crippen molar-refractivity contribution < 1.29 is 0 Å². The maximum Gasteiger partial charge on any atom is 0.0175 e. The van der Waals surface area contributed by atoms with Crippen LogP contribution in [0.5, 0.6) is 0 Å². The molecule has 1 saturated carbocycles. The SMILES string of the molecule is CCCNC(Cc1ccc(Br)cc1)C1CCCCCCC1. The Balaban J connectivity index is 1.99. The molecule has 0 amide bonds. The second kappa shape index (κ2) is 9.63. The Morgan fingerprint density at radius 1 is 1.05 bits per heavy atom. The predicted octanol–water partition coefficient (Wildman–Crippen LogP) is 5.72. The standard InChI is InChI=1S/C19H30BrN/c1-2-14-21-19(15-16-10-12-18(20)13-11-16)17-8-6-4-3-5-7-9-17/h10-13,17,19,21H,2-9,14-15H2,1H3. The van der Waals surface area contributed by atoms with Crippen molar-refractivity contribution in [3.63, 3.8) is 0 Å². The Hall–Kier alpha value is -0.340. The Kier molecular flexibility index (Phi) is 7.81. The summed E-state index contributed by atoms with van der Waals surface area (Å²) in [7, 11) is 0. The smallest absolute Gasteiger partial charge is 0.0175 e. The average molecular weight is 352 g/mol. The lowest BCUT2D eigenvalue weighted by atomic mass is 9.83. The van der Waals surface area contributed by atoms with E-state index < -0.39 is 0 Å². The quantitative estimate of drug-likeness (QED) is 0.690. The van der Waals surface area contributed by atoms with Gasteiger partial charge in [0.05, 0.1) is 0 Å². The molecular weight excluding hydrogens is 322 g/mol. The molecule has 1 aromatic rings. The van der Waals surface area contributed by atoms with E-state index in [1.54, 1.807) is 0 Å². The first-order valence-corrected chi connectivity index (χ1v) is 9.56. The van der Waals surface area contributed by atoms with Gasteiger partial charge in [-0.25, -0.2) is 0 Å². The van der Waals surface area contributed by atoms with Gasteiger partial charge in [0.1, 0.15) is 0 Å². The highest BCUT2D eigenvalue weighted by Crippen LogP contribution is 2.27. The molecule has 2 heteroatoms. The summed E-state index contributed by atoms with van der Waals surface area (Å²) in [4.78, 5) is 0. The first kappa shape index (κ1) is 17.0. The monoisotopic (exact) mass is 351 g/mol. The van der Waals surface area contributed by atoms with E-state index in [4.69, 9.17) is 0 Å². The van der Waals surface area contributed by atoms with Gasteiger partial charge in [0.25, 0.3) is 0 Å². The highest BCUT2D eigenvalue weighted by atomic mass is 79.9. The molecule has 118 valence electrons. The van der Waals surface area contributed by atoms with Gasteiger partial charge in [-0.2, -0.15) is 0 Å². The van der Waals surface area contributed by atoms with Crippen LogP contribution in [0.1, 0.15) is 63.9 Å². The highest BCUT2D eigenvalue weighted by molar-refractivity contribution is 9.10. The third kappa shape index (κ3) is 6.12. The normalized spacial score (nSPS) is 19.0. The third-order valence-electron chi connectivity index (χ3n) is 4.74. The van der Waals surface area contributed by atoms with Crippen molar-refractivity contribution in [2.24, 2.45) is 5.92 Å². The van der Waals surface area contributed by atoms with E-state index in [0.717, 1.165) is 12.5 Å². The molecule has 0 heterocycles. The van der Waals surface area contributed by atoms with Crippen LogP contribution in [-0.4, -0.2) is 12.6 Å². The van der Waals surface area contributed by atoms with Crippen molar-refractivity contribution in [1.29, 1.82) is 0 Å². The lowest BCUT2D eigenvalue weighted by molar-refractivity contribution is 0.283. The molecule has 0 radical (unpaired) electrons. The summed E-state index contributed by atoms with van der Waals surface area (Å²) < 4.78 is 1.18. The van der Waals surface area contributed by atoms with Crippen LogP contribution in [0, 0.1) is 5.92 Å². The summed E-state index contributed by atoms with van der Waals surface area (Å²) in [6, 6.07) is 9.54. The van der Waals surface area contributed by atoms with E-state index in [9.17, 15) is 0 Å². The molecule has 0 spiro atoms. The van der Waals surface area contributed by atoms with Crippen LogP contribution in [0.2, 0.25) is 0 Å². The Morgan fingerprint density at radius 3 is 2.29 bits per heavy atom. The van der Waals surface area contributed by atoms with E-state index in [2.05, 4.69) is 52.4 Å². The van der Waals surface area contributed by atoms with Crippen LogP contribution in [-0.2, 0) is 6.42 Å². The molecule has 1 aliphatic carbocycles. The van der Waals surface area contributed by atoms with Crippen molar-refractivity contribution in [3.05, 3.63) is 34.3 Å². The number of hydrogen-bond acceptors (Lipinski definition) is 1. The van der Waals surface area contributed by atoms with Crippen molar-refractivity contribution in [2.75, 3.05) is 6.54 Å². The Bertz CT molecular complexity index is 379. The highest BCUT2D eigenvalue weighted by Gasteiger charge is 2.21. The van der Waals surface area contributed by atoms with E-state index >= 15 is 0 Å². The Labute approximate surface area is 139 Å². The van der Waals surface area contributed by atoms with Gasteiger partial charge in [-0.1, -0.05) is 67.1 Å². The zero-order valence-corrected chi connectivity index (χ0v) is 15.0. The molecule has 1 atom stereocenters. The fourth-order valence-electron chi connectivity index (χ4n) is 3.50. The molecule has 1 aromatic carbocycles. The minimum Gasteiger partial charge on any atom is -0.313 e. The molecule has 0 aromatic heterocycles.